The molecule has 0 radical (unpaired) electrons. The Bertz CT molecular complexity index is 1610. The minimum Gasteiger partial charge on any atom is -0.497 e. The molecule has 0 N–H and O–H groups in total. The van der Waals surface area contributed by atoms with Gasteiger partial charge in [-0.15, -0.1) is 10.2 Å². The summed E-state index contributed by atoms with van der Waals surface area (Å²) in [5.74, 6) is 1.32. The van der Waals surface area contributed by atoms with Crippen LogP contribution in [-0.2, 0) is 10.0 Å². The first kappa shape index (κ1) is 24.1. The lowest BCUT2D eigenvalue weighted by Crippen LogP contribution is -2.11. The van der Waals surface area contributed by atoms with Gasteiger partial charge >= 0.3 is 0 Å². The van der Waals surface area contributed by atoms with Gasteiger partial charge in [0.25, 0.3) is 10.0 Å². The van der Waals surface area contributed by atoms with Gasteiger partial charge in [0.15, 0.2) is 11.0 Å². The van der Waals surface area contributed by atoms with Crippen molar-refractivity contribution in [2.24, 2.45) is 0 Å². The van der Waals surface area contributed by atoms with Gasteiger partial charge in [-0.3, -0.25) is 4.57 Å². The summed E-state index contributed by atoms with van der Waals surface area (Å²) in [4.78, 5) is 0.224. The summed E-state index contributed by atoms with van der Waals surface area (Å²) in [5.41, 5.74) is 2.13. The van der Waals surface area contributed by atoms with Gasteiger partial charge in [-0.05, 0) is 48.9 Å². The van der Waals surface area contributed by atoms with Gasteiger partial charge in [0.2, 0.25) is 0 Å². The second-order valence-corrected chi connectivity index (χ2v) is 11.6. The van der Waals surface area contributed by atoms with E-state index in [9.17, 15) is 8.42 Å². The van der Waals surface area contributed by atoms with Crippen LogP contribution in [0.2, 0.25) is 0 Å². The van der Waals surface area contributed by atoms with Crippen molar-refractivity contribution >= 4 is 32.7 Å². The van der Waals surface area contributed by atoms with Crippen molar-refractivity contribution in [3.05, 3.63) is 85.1 Å². The molecule has 0 spiro atoms. The van der Waals surface area contributed by atoms with E-state index in [0.717, 1.165) is 28.4 Å². The standard InChI is InChI=1S/C27H26N4O3S2/c1-4-19(2)35-27-29-28-26(31(27)20-14-16-21(34-3)17-15-20)24-18-30(25-13-9-8-12-23(24)25)36(32,33)22-10-6-5-7-11-22/h5-19H,4H2,1-3H3. The van der Waals surface area contributed by atoms with Gasteiger partial charge in [0.05, 0.1) is 17.5 Å². The largest absolute Gasteiger partial charge is 0.497 e. The topological polar surface area (TPSA) is 79.0 Å². The predicted molar refractivity (Wildman–Crippen MR) is 143 cm³/mol. The number of rotatable bonds is 8. The van der Waals surface area contributed by atoms with E-state index in [-0.39, 0.29) is 4.90 Å². The molecule has 5 aromatic rings. The number of aromatic nitrogens is 4. The molecule has 0 aliphatic rings. The van der Waals surface area contributed by atoms with Gasteiger partial charge < -0.3 is 4.74 Å². The SMILES string of the molecule is CCC(C)Sc1nnc(-c2cn(S(=O)(=O)c3ccccc3)c3ccccc23)n1-c1ccc(OC)cc1. The Morgan fingerprint density at radius 3 is 2.33 bits per heavy atom. The van der Waals surface area contributed by atoms with E-state index in [4.69, 9.17) is 4.74 Å². The molecule has 1 atom stereocenters. The fourth-order valence-electron chi connectivity index (χ4n) is 3.98. The highest BCUT2D eigenvalue weighted by molar-refractivity contribution is 7.99. The number of hydrogen-bond acceptors (Lipinski definition) is 6. The molecule has 5 rings (SSSR count). The highest BCUT2D eigenvalue weighted by Crippen LogP contribution is 2.36. The molecule has 1 unspecified atom stereocenters. The predicted octanol–water partition coefficient (Wildman–Crippen LogP) is 6.03. The average Bonchev–Trinajstić information content (AvgIpc) is 3.51. The molecule has 2 aromatic heterocycles. The van der Waals surface area contributed by atoms with Crippen LogP contribution in [0, 0.1) is 0 Å². The molecule has 0 bridgehead atoms. The maximum absolute atomic E-state index is 13.6. The Morgan fingerprint density at radius 2 is 1.64 bits per heavy atom. The van der Waals surface area contributed by atoms with Crippen molar-refractivity contribution in [2.75, 3.05) is 7.11 Å². The molecule has 3 aromatic carbocycles. The van der Waals surface area contributed by atoms with E-state index < -0.39 is 10.0 Å². The molecule has 0 fully saturated rings. The molecule has 0 aliphatic carbocycles. The minimum absolute atomic E-state index is 0.224. The highest BCUT2D eigenvalue weighted by Gasteiger charge is 2.25. The van der Waals surface area contributed by atoms with Gasteiger partial charge in [0.1, 0.15) is 5.75 Å². The van der Waals surface area contributed by atoms with Crippen molar-refractivity contribution < 1.29 is 13.2 Å². The normalized spacial score (nSPS) is 12.6. The summed E-state index contributed by atoms with van der Waals surface area (Å²) in [6.07, 6.45) is 2.62. The third-order valence-corrected chi connectivity index (χ3v) is 8.96. The van der Waals surface area contributed by atoms with Crippen molar-refractivity contribution in [1.29, 1.82) is 0 Å². The molecule has 36 heavy (non-hydrogen) atoms. The Morgan fingerprint density at radius 1 is 0.944 bits per heavy atom. The summed E-state index contributed by atoms with van der Waals surface area (Å²) < 4.78 is 35.9. The number of fused-ring (bicyclic) bond motifs is 1. The lowest BCUT2D eigenvalue weighted by atomic mass is 10.1. The van der Waals surface area contributed by atoms with Crippen LogP contribution >= 0.6 is 11.8 Å². The van der Waals surface area contributed by atoms with E-state index in [1.165, 1.54) is 3.97 Å². The molecule has 2 heterocycles. The first-order valence-corrected chi connectivity index (χ1v) is 13.9. The third kappa shape index (κ3) is 4.29. The Balaban J connectivity index is 1.74. The lowest BCUT2D eigenvalue weighted by Gasteiger charge is -2.13. The minimum atomic E-state index is -3.82. The summed E-state index contributed by atoms with van der Waals surface area (Å²) in [6, 6.07) is 23.6. The Labute approximate surface area is 214 Å². The van der Waals surface area contributed by atoms with Crippen LogP contribution in [0.3, 0.4) is 0 Å². The van der Waals surface area contributed by atoms with Crippen LogP contribution in [0.15, 0.2) is 95.1 Å². The van der Waals surface area contributed by atoms with Crippen LogP contribution in [0.1, 0.15) is 20.3 Å². The zero-order chi connectivity index (χ0) is 25.3. The summed E-state index contributed by atoms with van der Waals surface area (Å²) in [6.45, 7) is 4.28. The molecule has 0 aliphatic heterocycles. The maximum Gasteiger partial charge on any atom is 0.268 e. The molecule has 184 valence electrons. The quantitative estimate of drug-likeness (QED) is 0.234. The van der Waals surface area contributed by atoms with E-state index in [1.54, 1.807) is 55.4 Å². The van der Waals surface area contributed by atoms with Crippen LogP contribution in [-0.4, -0.2) is 39.5 Å². The number of ether oxygens (including phenoxy) is 1. The number of hydrogen-bond donors (Lipinski definition) is 0. The fraction of sp³-hybridized carbons (Fsp3) is 0.185. The van der Waals surface area contributed by atoms with Gasteiger partial charge in [-0.2, -0.15) is 0 Å². The summed E-state index contributed by atoms with van der Waals surface area (Å²) in [5, 5.41) is 10.9. The second-order valence-electron chi connectivity index (χ2n) is 8.35. The molecule has 7 nitrogen and oxygen atoms in total. The average molecular weight is 519 g/mol. The van der Waals surface area contributed by atoms with Crippen LogP contribution in [0.25, 0.3) is 28.0 Å². The van der Waals surface area contributed by atoms with E-state index in [2.05, 4.69) is 24.0 Å². The first-order valence-electron chi connectivity index (χ1n) is 11.6. The lowest BCUT2D eigenvalue weighted by molar-refractivity contribution is 0.414. The summed E-state index contributed by atoms with van der Waals surface area (Å²) in [7, 11) is -2.19. The zero-order valence-corrected chi connectivity index (χ0v) is 21.8. The van der Waals surface area contributed by atoms with E-state index >= 15 is 0 Å². The number of benzene rings is 3. The van der Waals surface area contributed by atoms with Gasteiger partial charge in [0, 0.05) is 28.1 Å². The van der Waals surface area contributed by atoms with Crippen molar-refractivity contribution in [1.82, 2.24) is 18.7 Å². The smallest absolute Gasteiger partial charge is 0.268 e. The highest BCUT2D eigenvalue weighted by atomic mass is 32.2. The number of thioether (sulfide) groups is 1. The molecule has 0 amide bonds. The molecule has 0 saturated heterocycles. The van der Waals surface area contributed by atoms with Crippen molar-refractivity contribution in [3.63, 3.8) is 0 Å². The van der Waals surface area contributed by atoms with E-state index in [1.807, 2.05) is 53.1 Å². The Kier molecular flexibility index (Phi) is 6.59. The third-order valence-electron chi connectivity index (χ3n) is 6.06. The van der Waals surface area contributed by atoms with Crippen LogP contribution < -0.4 is 4.74 Å². The van der Waals surface area contributed by atoms with Crippen LogP contribution in [0.4, 0.5) is 0 Å². The van der Waals surface area contributed by atoms with Gasteiger partial charge in [-0.25, -0.2) is 12.4 Å². The fourth-order valence-corrected chi connectivity index (χ4v) is 6.28. The molecule has 9 heteroatoms. The van der Waals surface area contributed by atoms with Crippen molar-refractivity contribution in [3.8, 4) is 22.8 Å². The van der Waals surface area contributed by atoms with E-state index in [0.29, 0.717) is 22.2 Å². The number of para-hydroxylation sites is 1. The van der Waals surface area contributed by atoms with Crippen molar-refractivity contribution in [2.45, 2.75) is 35.6 Å². The molecular formula is C27H26N4O3S2. The second kappa shape index (κ2) is 9.83. The Hall–Kier alpha value is -3.56. The number of methoxy groups -OCH3 is 1. The summed E-state index contributed by atoms with van der Waals surface area (Å²) >= 11 is 1.64. The van der Waals surface area contributed by atoms with Crippen LogP contribution in [0.5, 0.6) is 5.75 Å². The molecule has 0 saturated carbocycles. The zero-order valence-electron chi connectivity index (χ0n) is 20.2. The number of nitrogens with zero attached hydrogens (tertiary/aromatic N) is 4. The monoisotopic (exact) mass is 518 g/mol. The molecular weight excluding hydrogens is 492 g/mol. The van der Waals surface area contributed by atoms with Gasteiger partial charge in [-0.1, -0.05) is 62.0 Å². The maximum atomic E-state index is 13.6. The first-order chi connectivity index (χ1) is 17.4.